The van der Waals surface area contributed by atoms with E-state index in [-0.39, 0.29) is 116 Å². The summed E-state index contributed by atoms with van der Waals surface area (Å²) in [5.74, 6) is -1.16. The molecule has 0 saturated carbocycles. The summed E-state index contributed by atoms with van der Waals surface area (Å²) in [5.41, 5.74) is -1.06. The molecule has 34 atom stereocenters. The minimum atomic E-state index is -1.06. The summed E-state index contributed by atoms with van der Waals surface area (Å²) < 4.78 is 96.3. The van der Waals surface area contributed by atoms with Gasteiger partial charge in [0.1, 0.15) is 48.8 Å². The number of amides is 3. The van der Waals surface area contributed by atoms with E-state index in [0.29, 0.717) is 76.1 Å². The third kappa shape index (κ3) is 13.0. The highest BCUT2D eigenvalue weighted by atomic mass is 32.2. The van der Waals surface area contributed by atoms with Crippen molar-refractivity contribution in [3.05, 3.63) is 48.6 Å². The van der Waals surface area contributed by atoms with E-state index in [1.54, 1.807) is 0 Å². The van der Waals surface area contributed by atoms with Crippen LogP contribution in [0.4, 0.5) is 4.79 Å². The molecule has 3 amide bonds. The standard InChI is InChI=1S/C69H99N3O20S/c1-33-23-46-48(26-52-61(88-46)35(3)60(77)65-62(89-52)34(2)36(4)69(92-65)29-37(73)31-80-69)85-50-28-56-68(5,91-51(50)24-33)55(74)27-49-42(86-56)14-7-6-13-39-40(83-49)16-12-17-41-43(81-39)20-21-44-47(82-41)25-53-64(87-44)66(63-45(84-53)15-10-11-22-79-63)90-58(76)30-70-57(75)19-9-8-18-54-59-38(32-93-54)71-67(78)72-59/h6-7,10-12,16,20-21,33-56,59-66,73-74,77H,8-9,13-15,17-19,22-32H2,1-5H3,(H,70,75)(H2,71,72,78)/b7-6-,16-12-/t33-,34+,35+,36+,37+,38+,39-,40+,41-,42+,43+,44-,45+,46+,47+,48-,49-,50+,51-,52+,53-,54+,55-,56-,59+,60+,61-,62-,63+,64-,65+,66-,68+,69+/m1/s1. The molecule has 11 saturated heterocycles. The zero-order chi connectivity index (χ0) is 64.0. The van der Waals surface area contributed by atoms with Gasteiger partial charge in [0.15, 0.2) is 11.9 Å². The van der Waals surface area contributed by atoms with Crippen LogP contribution in [0.25, 0.3) is 0 Å². The SMILES string of the molecule is C[C@@H]1C[C@@H]2O[C@@H]3[C@@H](C)[C@H](O)[C@@H]4O[C@@]5(C[C@H](O)CO5)[C@@H](C)[C@H](C)[C@H]4O[C@H]3C[C@H]2O[C@H]2C[C@H]3O[C@H]4C/C=C\C[C@H]5O[C@H]6C=C[C@H]7O[C@H]8[C@H](OC(=O)CNC(=O)CCCC[C@@H]9SC[C@@H]%10NC(=O)N[C@@H]%109)[C@H]9OCC=CC[C@@H]9O[C@@H]8C[C@@H]7O[C@@H]6C/C=C\[C@@H]5O[C@@H]4C[C@@H](O)[C@]3(C)O[C@@H]2C1. The van der Waals surface area contributed by atoms with Gasteiger partial charge in [-0.25, -0.2) is 4.79 Å². The summed E-state index contributed by atoms with van der Waals surface area (Å²) in [7, 11) is 0. The van der Waals surface area contributed by atoms with Crippen LogP contribution >= 0.6 is 11.8 Å². The number of ether oxygens (including phenoxy) is 14. The second-order valence-electron chi connectivity index (χ2n) is 30.0. The number of unbranched alkanes of at least 4 members (excludes halogenated alkanes) is 1. The van der Waals surface area contributed by atoms with Gasteiger partial charge >= 0.3 is 12.0 Å². The third-order valence-corrected chi connectivity index (χ3v) is 25.3. The van der Waals surface area contributed by atoms with E-state index in [1.165, 1.54) is 0 Å². The molecule has 0 unspecified atom stereocenters. The van der Waals surface area contributed by atoms with Crippen LogP contribution in [-0.2, 0) is 75.9 Å². The van der Waals surface area contributed by atoms with Gasteiger partial charge in [-0.2, -0.15) is 11.8 Å². The van der Waals surface area contributed by atoms with Gasteiger partial charge in [0, 0.05) is 61.4 Å². The van der Waals surface area contributed by atoms with Crippen LogP contribution in [-0.4, -0.2) is 240 Å². The molecular formula is C69H99N3O20S. The molecule has 15 aliphatic rings. The molecule has 0 aliphatic carbocycles. The first-order valence-corrected chi connectivity index (χ1v) is 36.3. The zero-order valence-electron chi connectivity index (χ0n) is 54.2. The van der Waals surface area contributed by atoms with E-state index in [2.05, 4.69) is 61.0 Å². The number of carbonyl (C=O) groups is 3. The first-order chi connectivity index (χ1) is 44.9. The van der Waals surface area contributed by atoms with E-state index in [9.17, 15) is 29.7 Å². The fourth-order valence-corrected chi connectivity index (χ4v) is 20.0. The van der Waals surface area contributed by atoms with Crippen LogP contribution in [0.1, 0.15) is 131 Å². The smallest absolute Gasteiger partial charge is 0.325 e. The van der Waals surface area contributed by atoms with Gasteiger partial charge in [-0.05, 0) is 70.1 Å². The Kier molecular flexibility index (Phi) is 19.2. The molecule has 6 N–H and O–H groups in total. The van der Waals surface area contributed by atoms with Gasteiger partial charge in [-0.1, -0.05) is 82.7 Å². The van der Waals surface area contributed by atoms with Crippen LogP contribution < -0.4 is 16.0 Å². The van der Waals surface area contributed by atoms with Crippen LogP contribution in [0.3, 0.4) is 0 Å². The predicted molar refractivity (Wildman–Crippen MR) is 333 cm³/mol. The average molecular weight is 1320 g/mol. The molecule has 516 valence electrons. The van der Waals surface area contributed by atoms with E-state index >= 15 is 0 Å². The average Bonchev–Trinajstić information content (AvgIpc) is 1.69. The largest absolute Gasteiger partial charge is 0.455 e. The molecule has 1 spiro atoms. The second-order valence-corrected chi connectivity index (χ2v) is 31.2. The summed E-state index contributed by atoms with van der Waals surface area (Å²) in [6, 6.07) is 0.166. The molecule has 15 aliphatic heterocycles. The van der Waals surface area contributed by atoms with Crippen molar-refractivity contribution in [2.45, 2.75) is 312 Å². The predicted octanol–water partition coefficient (Wildman–Crippen LogP) is 4.47. The number of rotatable bonds is 8. The van der Waals surface area contributed by atoms with Crippen molar-refractivity contribution < 1.29 is 96.0 Å². The third-order valence-electron chi connectivity index (χ3n) is 23.8. The number of aliphatic hydroxyl groups is 3. The maximum Gasteiger partial charge on any atom is 0.325 e. The number of esters is 1. The van der Waals surface area contributed by atoms with Crippen molar-refractivity contribution in [2.24, 2.45) is 23.7 Å². The van der Waals surface area contributed by atoms with E-state index < -0.39 is 127 Å². The fourth-order valence-electron chi connectivity index (χ4n) is 18.4. The zero-order valence-corrected chi connectivity index (χ0v) is 55.0. The van der Waals surface area contributed by atoms with Gasteiger partial charge in [0.25, 0.3) is 0 Å². The van der Waals surface area contributed by atoms with Crippen molar-refractivity contribution in [3.63, 3.8) is 0 Å². The van der Waals surface area contributed by atoms with Crippen molar-refractivity contribution >= 4 is 29.7 Å². The number of aliphatic hydroxyl groups excluding tert-OH is 3. The van der Waals surface area contributed by atoms with Crippen molar-refractivity contribution in [2.75, 3.05) is 25.5 Å². The lowest BCUT2D eigenvalue weighted by atomic mass is 9.75. The summed E-state index contributed by atoms with van der Waals surface area (Å²) in [6.07, 6.45) is 12.4. The maximum atomic E-state index is 13.7. The molecule has 23 nitrogen and oxygen atoms in total. The molecule has 93 heavy (non-hydrogen) atoms. The number of fused-ring (bicyclic) bond motifs is 12. The van der Waals surface area contributed by atoms with Crippen LogP contribution in [0.5, 0.6) is 0 Å². The lowest BCUT2D eigenvalue weighted by Gasteiger charge is -2.53. The highest BCUT2D eigenvalue weighted by Gasteiger charge is 2.63. The van der Waals surface area contributed by atoms with E-state index in [1.807, 2.05) is 49.9 Å². The summed E-state index contributed by atoms with van der Waals surface area (Å²) in [5, 5.41) is 44.3. The Morgan fingerprint density at radius 1 is 0.634 bits per heavy atom. The molecule has 0 radical (unpaired) electrons. The number of hydrogen-bond donors (Lipinski definition) is 6. The Bertz CT molecular complexity index is 2820. The number of thioether (sulfide) groups is 1. The van der Waals surface area contributed by atoms with Crippen molar-refractivity contribution in [1.82, 2.24) is 16.0 Å². The number of carbonyl (C=O) groups excluding carboxylic acids is 3. The lowest BCUT2D eigenvalue weighted by Crippen LogP contribution is -2.65. The Labute approximate surface area is 549 Å². The number of urea groups is 1. The van der Waals surface area contributed by atoms with E-state index in [4.69, 9.17) is 66.3 Å². The number of nitrogens with one attached hydrogen (secondary N) is 3. The monoisotopic (exact) mass is 1320 g/mol. The molecule has 15 rings (SSSR count). The minimum Gasteiger partial charge on any atom is -0.455 e. The van der Waals surface area contributed by atoms with E-state index in [0.717, 1.165) is 25.0 Å². The van der Waals surface area contributed by atoms with Gasteiger partial charge in [-0.15, -0.1) is 0 Å². The number of hydrogen-bond acceptors (Lipinski definition) is 21. The van der Waals surface area contributed by atoms with Gasteiger partial charge < -0.3 is 97.6 Å². The molecule has 15 heterocycles. The maximum absolute atomic E-state index is 13.7. The second kappa shape index (κ2) is 27.2. The summed E-state index contributed by atoms with van der Waals surface area (Å²) in [6.45, 7) is 10.7. The first kappa shape index (κ1) is 65.8. The van der Waals surface area contributed by atoms with Crippen molar-refractivity contribution in [3.8, 4) is 0 Å². The van der Waals surface area contributed by atoms with Crippen LogP contribution in [0, 0.1) is 23.7 Å². The summed E-state index contributed by atoms with van der Waals surface area (Å²) in [4.78, 5) is 38.5. The highest BCUT2D eigenvalue weighted by Crippen LogP contribution is 2.52. The van der Waals surface area contributed by atoms with Crippen molar-refractivity contribution in [1.29, 1.82) is 0 Å². The molecule has 24 heteroatoms. The van der Waals surface area contributed by atoms with Crippen LogP contribution in [0.2, 0.25) is 0 Å². The fraction of sp³-hybridized carbons (Fsp3) is 0.841. The van der Waals surface area contributed by atoms with Gasteiger partial charge in [0.05, 0.1) is 135 Å². The van der Waals surface area contributed by atoms with Gasteiger partial charge in [0.2, 0.25) is 5.91 Å². The molecule has 0 aromatic carbocycles. The Balaban J connectivity index is 0.583. The van der Waals surface area contributed by atoms with Gasteiger partial charge in [-0.3, -0.25) is 9.59 Å². The normalized spacial score (nSPS) is 52.8. The minimum absolute atomic E-state index is 0.0400. The lowest BCUT2D eigenvalue weighted by molar-refractivity contribution is -0.339. The highest BCUT2D eigenvalue weighted by molar-refractivity contribution is 8.00. The Morgan fingerprint density at radius 3 is 2.15 bits per heavy atom. The van der Waals surface area contributed by atoms with Crippen LogP contribution in [0.15, 0.2) is 48.6 Å². The molecule has 0 bridgehead atoms. The quantitative estimate of drug-likeness (QED) is 0.0846. The summed E-state index contributed by atoms with van der Waals surface area (Å²) >= 11 is 1.85. The molecule has 0 aromatic heterocycles. The molecular weight excluding hydrogens is 1220 g/mol. The Morgan fingerprint density at radius 2 is 1.31 bits per heavy atom. The molecule has 11 fully saturated rings. The first-order valence-electron chi connectivity index (χ1n) is 35.3. The Hall–Kier alpha value is -3.12. The molecule has 0 aromatic rings. The topological polar surface area (TPSA) is 277 Å².